The highest BCUT2D eigenvalue weighted by Crippen LogP contribution is 2.08. The summed E-state index contributed by atoms with van der Waals surface area (Å²) < 4.78 is 0. The van der Waals surface area contributed by atoms with Crippen LogP contribution in [0, 0.1) is 0 Å². The summed E-state index contributed by atoms with van der Waals surface area (Å²) in [6.07, 6.45) is 0. The van der Waals surface area contributed by atoms with E-state index in [-0.39, 0.29) is 5.56 Å². The zero-order valence-corrected chi connectivity index (χ0v) is 9.92. The number of rotatable bonds is 4. The fourth-order valence-corrected chi connectivity index (χ4v) is 1.31. The average Bonchev–Trinajstić information content (AvgIpc) is 2.15. The summed E-state index contributed by atoms with van der Waals surface area (Å²) in [4.78, 5) is 14.6. The molecule has 1 aromatic rings. The van der Waals surface area contributed by atoms with E-state index in [9.17, 15) is 4.79 Å². The van der Waals surface area contributed by atoms with E-state index >= 15 is 0 Å². The molecule has 0 spiro atoms. The molecule has 1 aromatic heterocycles. The number of pyridine rings is 1. The highest BCUT2D eigenvalue weighted by molar-refractivity contribution is 5.16. The molecule has 0 unspecified atom stereocenters. The van der Waals surface area contributed by atoms with Crippen LogP contribution in [0.5, 0.6) is 0 Å². The second-order valence-electron chi connectivity index (χ2n) is 4.46. The van der Waals surface area contributed by atoms with Crippen LogP contribution in [0.2, 0.25) is 0 Å². The van der Waals surface area contributed by atoms with E-state index in [1.54, 1.807) is 0 Å². The lowest BCUT2D eigenvalue weighted by atomic mass is 10.1. The zero-order chi connectivity index (χ0) is 11.4. The molecule has 1 rings (SSSR count). The van der Waals surface area contributed by atoms with Gasteiger partial charge in [0.2, 0.25) is 0 Å². The fraction of sp³-hybridized carbons (Fsp3) is 0.583. The van der Waals surface area contributed by atoms with Gasteiger partial charge in [-0.25, -0.2) is 0 Å². The Hall–Kier alpha value is -1.09. The third kappa shape index (κ3) is 3.51. The van der Waals surface area contributed by atoms with Crippen molar-refractivity contribution in [2.75, 3.05) is 0 Å². The molecule has 0 amide bonds. The molecule has 1 heterocycles. The SMILES string of the molecule is CC(C)NCc1ccc(C(C)C)[nH]c1=O. The maximum Gasteiger partial charge on any atom is 0.252 e. The molecule has 0 aliphatic carbocycles. The Morgan fingerprint density at radius 1 is 1.27 bits per heavy atom. The lowest BCUT2D eigenvalue weighted by Crippen LogP contribution is -2.26. The third-order valence-electron chi connectivity index (χ3n) is 2.34. The number of hydrogen-bond donors (Lipinski definition) is 2. The summed E-state index contributed by atoms with van der Waals surface area (Å²) in [6.45, 7) is 8.90. The van der Waals surface area contributed by atoms with E-state index < -0.39 is 0 Å². The highest BCUT2D eigenvalue weighted by atomic mass is 16.1. The molecular weight excluding hydrogens is 188 g/mol. The highest BCUT2D eigenvalue weighted by Gasteiger charge is 2.04. The lowest BCUT2D eigenvalue weighted by molar-refractivity contribution is 0.585. The molecule has 0 radical (unpaired) electrons. The first kappa shape index (κ1) is 12.0. The van der Waals surface area contributed by atoms with Gasteiger partial charge >= 0.3 is 0 Å². The molecule has 0 aliphatic heterocycles. The van der Waals surface area contributed by atoms with Crippen LogP contribution in [0.15, 0.2) is 16.9 Å². The molecule has 0 atom stereocenters. The van der Waals surface area contributed by atoms with Gasteiger partial charge in [0.25, 0.3) is 5.56 Å². The standard InChI is InChI=1S/C12H20N2O/c1-8(2)11-6-5-10(12(15)14-11)7-13-9(3)4/h5-6,8-9,13H,7H2,1-4H3,(H,14,15). The summed E-state index contributed by atoms with van der Waals surface area (Å²) in [5.74, 6) is 0.366. The first-order chi connectivity index (χ1) is 7.00. The summed E-state index contributed by atoms with van der Waals surface area (Å²) in [7, 11) is 0. The van der Waals surface area contributed by atoms with Crippen molar-refractivity contribution < 1.29 is 0 Å². The van der Waals surface area contributed by atoms with Crippen molar-refractivity contribution in [3.63, 3.8) is 0 Å². The second kappa shape index (κ2) is 5.12. The van der Waals surface area contributed by atoms with E-state index in [2.05, 4.69) is 38.0 Å². The predicted molar refractivity (Wildman–Crippen MR) is 63.1 cm³/mol. The summed E-state index contributed by atoms with van der Waals surface area (Å²) in [5.41, 5.74) is 1.82. The van der Waals surface area contributed by atoms with Gasteiger partial charge in [-0.2, -0.15) is 0 Å². The quantitative estimate of drug-likeness (QED) is 0.795. The third-order valence-corrected chi connectivity index (χ3v) is 2.34. The van der Waals surface area contributed by atoms with E-state index in [1.807, 2.05) is 12.1 Å². The fourth-order valence-electron chi connectivity index (χ4n) is 1.31. The monoisotopic (exact) mass is 208 g/mol. The molecule has 84 valence electrons. The largest absolute Gasteiger partial charge is 0.326 e. The maximum atomic E-state index is 11.7. The molecule has 0 aliphatic rings. The summed E-state index contributed by atoms with van der Waals surface area (Å²) in [6, 6.07) is 4.29. The molecule has 0 saturated carbocycles. The zero-order valence-electron chi connectivity index (χ0n) is 9.92. The van der Waals surface area contributed by atoms with E-state index in [4.69, 9.17) is 0 Å². The van der Waals surface area contributed by atoms with Crippen molar-refractivity contribution >= 4 is 0 Å². The van der Waals surface area contributed by atoms with Crippen LogP contribution in [-0.4, -0.2) is 11.0 Å². The Morgan fingerprint density at radius 3 is 2.40 bits per heavy atom. The predicted octanol–water partition coefficient (Wildman–Crippen LogP) is 2.00. The van der Waals surface area contributed by atoms with Gasteiger partial charge in [-0.05, 0) is 12.0 Å². The van der Waals surface area contributed by atoms with Crippen molar-refractivity contribution in [1.82, 2.24) is 10.3 Å². The molecule has 0 saturated heterocycles. The molecule has 0 bridgehead atoms. The van der Waals surface area contributed by atoms with E-state index in [0.29, 0.717) is 18.5 Å². The van der Waals surface area contributed by atoms with Crippen LogP contribution in [0.3, 0.4) is 0 Å². The van der Waals surface area contributed by atoms with Crippen LogP contribution in [0.4, 0.5) is 0 Å². The van der Waals surface area contributed by atoms with Gasteiger partial charge in [-0.1, -0.05) is 33.8 Å². The Kier molecular flexibility index (Phi) is 4.09. The molecule has 3 nitrogen and oxygen atoms in total. The van der Waals surface area contributed by atoms with Crippen LogP contribution in [0.25, 0.3) is 0 Å². The van der Waals surface area contributed by atoms with E-state index in [0.717, 1.165) is 11.3 Å². The Labute approximate surface area is 90.9 Å². The minimum Gasteiger partial charge on any atom is -0.326 e. The number of H-pyrrole nitrogens is 1. The second-order valence-corrected chi connectivity index (χ2v) is 4.46. The summed E-state index contributed by atoms with van der Waals surface area (Å²) in [5, 5.41) is 3.23. The normalized spacial score (nSPS) is 11.3. The molecule has 0 aromatic carbocycles. The average molecular weight is 208 g/mol. The Bertz CT molecular complexity index is 366. The number of aromatic nitrogens is 1. The molecule has 15 heavy (non-hydrogen) atoms. The van der Waals surface area contributed by atoms with Gasteiger partial charge in [0, 0.05) is 23.8 Å². The van der Waals surface area contributed by atoms with E-state index in [1.165, 1.54) is 0 Å². The van der Waals surface area contributed by atoms with Gasteiger partial charge in [-0.15, -0.1) is 0 Å². The smallest absolute Gasteiger partial charge is 0.252 e. The first-order valence-electron chi connectivity index (χ1n) is 5.46. The van der Waals surface area contributed by atoms with Crippen molar-refractivity contribution in [3.8, 4) is 0 Å². The van der Waals surface area contributed by atoms with Gasteiger partial charge in [0.1, 0.15) is 0 Å². The Morgan fingerprint density at radius 2 is 1.93 bits per heavy atom. The van der Waals surface area contributed by atoms with Crippen LogP contribution < -0.4 is 10.9 Å². The van der Waals surface area contributed by atoms with Crippen LogP contribution in [-0.2, 0) is 6.54 Å². The maximum absolute atomic E-state index is 11.7. The molecule has 2 N–H and O–H groups in total. The van der Waals surface area contributed by atoms with Gasteiger partial charge in [-0.3, -0.25) is 4.79 Å². The van der Waals surface area contributed by atoms with Gasteiger partial charge in [0.05, 0.1) is 0 Å². The Balaban J connectivity index is 2.80. The van der Waals surface area contributed by atoms with Crippen LogP contribution in [0.1, 0.15) is 44.9 Å². The number of nitrogens with one attached hydrogen (secondary N) is 2. The minimum atomic E-state index is 0.0225. The molecule has 0 fully saturated rings. The molecule has 3 heteroatoms. The lowest BCUT2D eigenvalue weighted by Gasteiger charge is -2.09. The van der Waals surface area contributed by atoms with Crippen molar-refractivity contribution in [1.29, 1.82) is 0 Å². The van der Waals surface area contributed by atoms with Crippen molar-refractivity contribution in [2.45, 2.75) is 46.2 Å². The molecular formula is C12H20N2O. The van der Waals surface area contributed by atoms with Crippen LogP contribution >= 0.6 is 0 Å². The first-order valence-corrected chi connectivity index (χ1v) is 5.46. The van der Waals surface area contributed by atoms with Gasteiger partial charge < -0.3 is 10.3 Å². The van der Waals surface area contributed by atoms with Crippen molar-refractivity contribution in [3.05, 3.63) is 33.7 Å². The topological polar surface area (TPSA) is 44.9 Å². The minimum absolute atomic E-state index is 0.0225. The van der Waals surface area contributed by atoms with Crippen molar-refractivity contribution in [2.24, 2.45) is 0 Å². The number of hydrogen-bond acceptors (Lipinski definition) is 2. The van der Waals surface area contributed by atoms with Gasteiger partial charge in [0.15, 0.2) is 0 Å². The number of aromatic amines is 1. The summed E-state index contributed by atoms with van der Waals surface area (Å²) >= 11 is 0.